The second kappa shape index (κ2) is 10.9. The predicted molar refractivity (Wildman–Crippen MR) is 108 cm³/mol. The summed E-state index contributed by atoms with van der Waals surface area (Å²) < 4.78 is 49.8. The van der Waals surface area contributed by atoms with Crippen LogP contribution in [0.1, 0.15) is 13.3 Å². The van der Waals surface area contributed by atoms with Crippen molar-refractivity contribution in [2.45, 2.75) is 18.2 Å². The van der Waals surface area contributed by atoms with Crippen LogP contribution in [0.15, 0.2) is 47.4 Å². The summed E-state index contributed by atoms with van der Waals surface area (Å²) in [5.74, 6) is -1.51. The van der Waals surface area contributed by atoms with E-state index in [4.69, 9.17) is 21.1 Å². The second-order valence-corrected chi connectivity index (χ2v) is 8.06. The van der Waals surface area contributed by atoms with Gasteiger partial charge < -0.3 is 14.8 Å². The minimum atomic E-state index is -3.80. The third kappa shape index (κ3) is 7.29. The number of ether oxygens (including phenoxy) is 2. The fourth-order valence-corrected chi connectivity index (χ4v) is 3.45. The highest BCUT2D eigenvalue weighted by molar-refractivity contribution is 7.89. The molecule has 11 heteroatoms. The number of carbonyl (C=O) groups excluding carboxylic acids is 2. The molecule has 0 unspecified atom stereocenters. The normalized spacial score (nSPS) is 11.0. The van der Waals surface area contributed by atoms with Gasteiger partial charge in [0.1, 0.15) is 11.6 Å². The summed E-state index contributed by atoms with van der Waals surface area (Å²) in [5, 5.41) is 2.23. The SMILES string of the molecule is CCOc1ccc(S(=O)(=O)NCCC(=O)OCC(=O)Nc2ccc(F)c(Cl)c2)cc1. The van der Waals surface area contributed by atoms with E-state index < -0.39 is 34.3 Å². The third-order valence-electron chi connectivity index (χ3n) is 3.63. The molecule has 2 N–H and O–H groups in total. The Morgan fingerprint density at radius 3 is 2.47 bits per heavy atom. The van der Waals surface area contributed by atoms with Crippen LogP contribution in [0.5, 0.6) is 5.75 Å². The van der Waals surface area contributed by atoms with Crippen molar-refractivity contribution in [2.75, 3.05) is 25.1 Å². The number of hydrogen-bond donors (Lipinski definition) is 2. The summed E-state index contributed by atoms with van der Waals surface area (Å²) in [6.07, 6.45) is -0.272. The molecule has 0 aliphatic carbocycles. The summed E-state index contributed by atoms with van der Waals surface area (Å²) in [6, 6.07) is 9.43. The van der Waals surface area contributed by atoms with Crippen LogP contribution in [-0.4, -0.2) is 40.1 Å². The molecule has 2 aromatic carbocycles. The fraction of sp³-hybridized carbons (Fsp3) is 0.263. The Kier molecular flexibility index (Phi) is 8.58. The summed E-state index contributed by atoms with van der Waals surface area (Å²) in [7, 11) is -3.80. The Labute approximate surface area is 178 Å². The van der Waals surface area contributed by atoms with Gasteiger partial charge >= 0.3 is 5.97 Å². The standard InChI is InChI=1S/C19H20ClFN2O6S/c1-2-28-14-4-6-15(7-5-14)30(26,27)22-10-9-19(25)29-12-18(24)23-13-3-8-17(21)16(20)11-13/h3-8,11,22H,2,9-10,12H2,1H3,(H,23,24). The predicted octanol–water partition coefficient (Wildman–Crippen LogP) is 2.73. The largest absolute Gasteiger partial charge is 0.494 e. The van der Waals surface area contributed by atoms with E-state index in [1.165, 1.54) is 36.4 Å². The van der Waals surface area contributed by atoms with Crippen molar-refractivity contribution in [2.24, 2.45) is 0 Å². The lowest BCUT2D eigenvalue weighted by Crippen LogP contribution is -2.28. The molecule has 30 heavy (non-hydrogen) atoms. The van der Waals surface area contributed by atoms with E-state index in [0.717, 1.165) is 6.07 Å². The van der Waals surface area contributed by atoms with Crippen LogP contribution in [0.2, 0.25) is 5.02 Å². The molecular weight excluding hydrogens is 439 g/mol. The Balaban J connectivity index is 1.74. The van der Waals surface area contributed by atoms with Gasteiger partial charge in [-0.1, -0.05) is 11.6 Å². The highest BCUT2D eigenvalue weighted by Gasteiger charge is 2.15. The Bertz CT molecular complexity index is 999. The van der Waals surface area contributed by atoms with E-state index in [1.807, 2.05) is 6.92 Å². The van der Waals surface area contributed by atoms with Crippen LogP contribution >= 0.6 is 11.6 Å². The number of carbonyl (C=O) groups is 2. The number of benzene rings is 2. The van der Waals surface area contributed by atoms with Crippen molar-refractivity contribution in [3.05, 3.63) is 53.3 Å². The maximum absolute atomic E-state index is 13.1. The summed E-state index contributed by atoms with van der Waals surface area (Å²) in [4.78, 5) is 23.5. The lowest BCUT2D eigenvalue weighted by Gasteiger charge is -2.09. The molecule has 0 bridgehead atoms. The molecular formula is C19H20ClFN2O6S. The zero-order chi connectivity index (χ0) is 22.1. The molecule has 0 aromatic heterocycles. The molecule has 0 heterocycles. The summed E-state index contributed by atoms with van der Waals surface area (Å²) in [5.41, 5.74) is 0.241. The number of amides is 1. The first-order chi connectivity index (χ1) is 14.2. The highest BCUT2D eigenvalue weighted by Crippen LogP contribution is 2.19. The third-order valence-corrected chi connectivity index (χ3v) is 5.40. The molecule has 0 aliphatic heterocycles. The average Bonchev–Trinajstić information content (AvgIpc) is 2.70. The van der Waals surface area contributed by atoms with Gasteiger partial charge in [0.05, 0.1) is 22.9 Å². The van der Waals surface area contributed by atoms with Crippen molar-refractivity contribution in [1.82, 2.24) is 4.72 Å². The van der Waals surface area contributed by atoms with Gasteiger partial charge in [0.15, 0.2) is 6.61 Å². The van der Waals surface area contributed by atoms with Crippen molar-refractivity contribution >= 4 is 39.2 Å². The first-order valence-corrected chi connectivity index (χ1v) is 10.7. The van der Waals surface area contributed by atoms with Crippen molar-refractivity contribution in [3.63, 3.8) is 0 Å². The molecule has 162 valence electrons. The molecule has 0 saturated heterocycles. The van der Waals surface area contributed by atoms with Crippen LogP contribution in [-0.2, 0) is 24.3 Å². The minimum absolute atomic E-state index is 0.0247. The van der Waals surface area contributed by atoms with E-state index in [9.17, 15) is 22.4 Å². The molecule has 0 saturated carbocycles. The second-order valence-electron chi connectivity index (χ2n) is 5.89. The molecule has 0 atom stereocenters. The molecule has 2 aromatic rings. The quantitative estimate of drug-likeness (QED) is 0.529. The summed E-state index contributed by atoms with van der Waals surface area (Å²) >= 11 is 5.61. The topological polar surface area (TPSA) is 111 Å². The monoisotopic (exact) mass is 458 g/mol. The van der Waals surface area contributed by atoms with Gasteiger partial charge in [0.2, 0.25) is 10.0 Å². The molecule has 2 rings (SSSR count). The Hall–Kier alpha value is -2.69. The Morgan fingerprint density at radius 2 is 1.83 bits per heavy atom. The van der Waals surface area contributed by atoms with E-state index in [-0.39, 0.29) is 28.6 Å². The van der Waals surface area contributed by atoms with Gasteiger partial charge in [-0.05, 0) is 49.4 Å². The van der Waals surface area contributed by atoms with Crippen molar-refractivity contribution < 1.29 is 31.9 Å². The Morgan fingerprint density at radius 1 is 1.13 bits per heavy atom. The van der Waals surface area contributed by atoms with E-state index in [2.05, 4.69) is 10.0 Å². The van der Waals surface area contributed by atoms with Crippen LogP contribution in [0, 0.1) is 5.82 Å². The van der Waals surface area contributed by atoms with Crippen LogP contribution in [0.25, 0.3) is 0 Å². The number of nitrogens with one attached hydrogen (secondary N) is 2. The van der Waals surface area contributed by atoms with Crippen LogP contribution < -0.4 is 14.8 Å². The van der Waals surface area contributed by atoms with Crippen molar-refractivity contribution in [1.29, 1.82) is 0 Å². The molecule has 0 aliphatic rings. The number of esters is 1. The van der Waals surface area contributed by atoms with Crippen LogP contribution in [0.4, 0.5) is 10.1 Å². The van der Waals surface area contributed by atoms with Crippen molar-refractivity contribution in [3.8, 4) is 5.75 Å². The van der Waals surface area contributed by atoms with Gasteiger partial charge in [-0.15, -0.1) is 0 Å². The zero-order valence-electron chi connectivity index (χ0n) is 16.0. The molecule has 0 spiro atoms. The fourth-order valence-electron chi connectivity index (χ4n) is 2.24. The molecule has 0 radical (unpaired) electrons. The maximum Gasteiger partial charge on any atom is 0.307 e. The number of halogens is 2. The zero-order valence-corrected chi connectivity index (χ0v) is 17.6. The van der Waals surface area contributed by atoms with Gasteiger partial charge in [0.25, 0.3) is 5.91 Å². The summed E-state index contributed by atoms with van der Waals surface area (Å²) in [6.45, 7) is 1.48. The molecule has 1 amide bonds. The van der Waals surface area contributed by atoms with Gasteiger partial charge in [-0.2, -0.15) is 0 Å². The smallest absolute Gasteiger partial charge is 0.307 e. The lowest BCUT2D eigenvalue weighted by molar-refractivity contribution is -0.147. The minimum Gasteiger partial charge on any atom is -0.494 e. The maximum atomic E-state index is 13.1. The van der Waals surface area contributed by atoms with E-state index >= 15 is 0 Å². The van der Waals surface area contributed by atoms with E-state index in [0.29, 0.717) is 12.4 Å². The first-order valence-electron chi connectivity index (χ1n) is 8.84. The van der Waals surface area contributed by atoms with E-state index in [1.54, 1.807) is 0 Å². The molecule has 0 fully saturated rings. The van der Waals surface area contributed by atoms with Crippen LogP contribution in [0.3, 0.4) is 0 Å². The first kappa shape index (κ1) is 23.6. The van der Waals surface area contributed by atoms with Gasteiger partial charge in [-0.25, -0.2) is 17.5 Å². The molecule has 8 nitrogen and oxygen atoms in total. The number of hydrogen-bond acceptors (Lipinski definition) is 6. The van der Waals surface area contributed by atoms with Gasteiger partial charge in [0, 0.05) is 12.2 Å². The number of rotatable bonds is 10. The number of sulfonamides is 1. The average molecular weight is 459 g/mol. The number of anilines is 1. The highest BCUT2D eigenvalue weighted by atomic mass is 35.5. The lowest BCUT2D eigenvalue weighted by atomic mass is 10.3. The van der Waals surface area contributed by atoms with Gasteiger partial charge in [-0.3, -0.25) is 9.59 Å².